The summed E-state index contributed by atoms with van der Waals surface area (Å²) in [5, 5.41) is 2.94. The van der Waals surface area contributed by atoms with Crippen molar-refractivity contribution in [1.29, 1.82) is 0 Å². The molecule has 0 aliphatic rings. The van der Waals surface area contributed by atoms with Crippen LogP contribution in [0.4, 0.5) is 5.69 Å². The van der Waals surface area contributed by atoms with Crippen molar-refractivity contribution in [2.75, 3.05) is 30.2 Å². The summed E-state index contributed by atoms with van der Waals surface area (Å²) in [6, 6.07) is 16.3. The highest BCUT2D eigenvalue weighted by atomic mass is 32.2. The van der Waals surface area contributed by atoms with Crippen LogP contribution in [0.25, 0.3) is 0 Å². The van der Waals surface area contributed by atoms with Gasteiger partial charge in [0.15, 0.2) is 0 Å². The minimum absolute atomic E-state index is 0.206. The quantitative estimate of drug-likeness (QED) is 0.399. The lowest BCUT2D eigenvalue weighted by Crippen LogP contribution is -2.53. The number of nitrogens with zero attached hydrogens (tertiary/aromatic N) is 2. The molecule has 2 amide bonds. The second kappa shape index (κ2) is 13.9. The van der Waals surface area contributed by atoms with Crippen LogP contribution in [0, 0.1) is 0 Å². The zero-order chi connectivity index (χ0) is 25.8. The molecule has 0 aromatic heterocycles. The zero-order valence-electron chi connectivity index (χ0n) is 21.4. The monoisotopic (exact) mass is 501 g/mol. The van der Waals surface area contributed by atoms with Crippen molar-refractivity contribution in [3.63, 3.8) is 0 Å². The predicted octanol–water partition coefficient (Wildman–Crippen LogP) is 3.78. The van der Waals surface area contributed by atoms with Crippen LogP contribution in [0.1, 0.15) is 51.2 Å². The minimum atomic E-state index is -3.73. The summed E-state index contributed by atoms with van der Waals surface area (Å²) in [6.45, 7) is 6.37. The molecular formula is C27H39N3O4S. The molecule has 0 fully saturated rings. The molecule has 192 valence electrons. The fraction of sp³-hybridized carbons (Fsp3) is 0.481. The van der Waals surface area contributed by atoms with E-state index in [9.17, 15) is 18.0 Å². The van der Waals surface area contributed by atoms with E-state index in [1.165, 1.54) is 0 Å². The number of benzene rings is 2. The van der Waals surface area contributed by atoms with Crippen LogP contribution in [-0.2, 0) is 32.5 Å². The van der Waals surface area contributed by atoms with Gasteiger partial charge in [0, 0.05) is 13.1 Å². The first-order chi connectivity index (χ1) is 16.7. The standard InChI is InChI=1S/C27H39N3O4S/c1-5-8-19-28-27(32)24(7-3)29(20-18-22-14-10-9-11-15-22)26(31)21-30(35(4,33)34)25-17-13-12-16-23(25)6-2/h9-17,24H,5-8,18-21H2,1-4H3,(H,28,32). The van der Waals surface area contributed by atoms with Crippen molar-refractivity contribution in [3.05, 3.63) is 65.7 Å². The van der Waals surface area contributed by atoms with Crippen molar-refractivity contribution >= 4 is 27.5 Å². The van der Waals surface area contributed by atoms with Gasteiger partial charge in [-0.25, -0.2) is 8.42 Å². The summed E-state index contributed by atoms with van der Waals surface area (Å²) in [5.41, 5.74) is 2.38. The van der Waals surface area contributed by atoms with Gasteiger partial charge < -0.3 is 10.2 Å². The van der Waals surface area contributed by atoms with Crippen molar-refractivity contribution in [2.45, 2.75) is 58.9 Å². The predicted molar refractivity (Wildman–Crippen MR) is 142 cm³/mol. The first-order valence-corrected chi connectivity index (χ1v) is 14.2. The smallest absolute Gasteiger partial charge is 0.244 e. The van der Waals surface area contributed by atoms with Gasteiger partial charge in [-0.2, -0.15) is 0 Å². The van der Waals surface area contributed by atoms with Gasteiger partial charge in [0.1, 0.15) is 12.6 Å². The van der Waals surface area contributed by atoms with Crippen molar-refractivity contribution < 1.29 is 18.0 Å². The average Bonchev–Trinajstić information content (AvgIpc) is 2.84. The van der Waals surface area contributed by atoms with Crippen molar-refractivity contribution in [3.8, 4) is 0 Å². The van der Waals surface area contributed by atoms with Crippen LogP contribution in [0.5, 0.6) is 0 Å². The second-order valence-electron chi connectivity index (χ2n) is 8.64. The SMILES string of the molecule is CCCCNC(=O)C(CC)N(CCc1ccccc1)C(=O)CN(c1ccccc1CC)S(C)(=O)=O. The topological polar surface area (TPSA) is 86.8 Å². The number of anilines is 1. The largest absolute Gasteiger partial charge is 0.354 e. The molecule has 0 heterocycles. The highest BCUT2D eigenvalue weighted by molar-refractivity contribution is 7.92. The molecule has 2 aromatic rings. The van der Waals surface area contributed by atoms with Crippen LogP contribution < -0.4 is 9.62 Å². The Morgan fingerprint density at radius 1 is 0.971 bits per heavy atom. The Morgan fingerprint density at radius 2 is 1.63 bits per heavy atom. The van der Waals surface area contributed by atoms with Crippen LogP contribution >= 0.6 is 0 Å². The maximum Gasteiger partial charge on any atom is 0.244 e. The number of hydrogen-bond donors (Lipinski definition) is 1. The number of nitrogens with one attached hydrogen (secondary N) is 1. The Kier molecular flexibility index (Phi) is 11.2. The van der Waals surface area contributed by atoms with E-state index in [0.29, 0.717) is 38.0 Å². The Hall–Kier alpha value is -2.87. The number of sulfonamides is 1. The first-order valence-electron chi connectivity index (χ1n) is 12.4. The van der Waals surface area contributed by atoms with E-state index >= 15 is 0 Å². The van der Waals surface area contributed by atoms with E-state index in [0.717, 1.165) is 34.5 Å². The molecule has 1 atom stereocenters. The maximum atomic E-state index is 13.7. The molecule has 0 spiro atoms. The molecule has 0 bridgehead atoms. The van der Waals surface area contributed by atoms with E-state index in [4.69, 9.17) is 0 Å². The number of para-hydroxylation sites is 1. The lowest BCUT2D eigenvalue weighted by Gasteiger charge is -2.33. The lowest BCUT2D eigenvalue weighted by atomic mass is 10.1. The molecule has 1 N–H and O–H groups in total. The van der Waals surface area contributed by atoms with Gasteiger partial charge in [-0.3, -0.25) is 13.9 Å². The van der Waals surface area contributed by atoms with Crippen molar-refractivity contribution in [2.24, 2.45) is 0 Å². The number of hydrogen-bond acceptors (Lipinski definition) is 4. The Balaban J connectivity index is 2.36. The summed E-state index contributed by atoms with van der Waals surface area (Å²) < 4.78 is 26.7. The van der Waals surface area contributed by atoms with Crippen LogP contribution in [0.3, 0.4) is 0 Å². The minimum Gasteiger partial charge on any atom is -0.354 e. The molecule has 2 rings (SSSR count). The van der Waals surface area contributed by atoms with Gasteiger partial charge in [-0.05, 0) is 42.9 Å². The molecule has 7 nitrogen and oxygen atoms in total. The van der Waals surface area contributed by atoms with Gasteiger partial charge in [0.2, 0.25) is 21.8 Å². The number of aryl methyl sites for hydroxylation is 1. The number of carbonyl (C=O) groups is 2. The maximum absolute atomic E-state index is 13.7. The van der Waals surface area contributed by atoms with E-state index in [1.807, 2.05) is 63.2 Å². The van der Waals surface area contributed by atoms with Gasteiger partial charge in [0.25, 0.3) is 0 Å². The van der Waals surface area contributed by atoms with Crippen LogP contribution in [-0.4, -0.2) is 57.1 Å². The second-order valence-corrected chi connectivity index (χ2v) is 10.6. The zero-order valence-corrected chi connectivity index (χ0v) is 22.2. The summed E-state index contributed by atoms with van der Waals surface area (Å²) in [5.74, 6) is -0.600. The first kappa shape index (κ1) is 28.4. The Morgan fingerprint density at radius 3 is 2.23 bits per heavy atom. The molecule has 0 aliphatic heterocycles. The Bertz CT molecular complexity index is 1060. The van der Waals surface area contributed by atoms with Crippen molar-refractivity contribution in [1.82, 2.24) is 10.2 Å². The lowest BCUT2D eigenvalue weighted by molar-refractivity contribution is -0.139. The molecule has 2 aromatic carbocycles. The number of rotatable bonds is 14. The number of carbonyl (C=O) groups excluding carboxylic acids is 2. The van der Waals surface area contributed by atoms with E-state index in [1.54, 1.807) is 17.0 Å². The van der Waals surface area contributed by atoms with Crippen LogP contribution in [0.2, 0.25) is 0 Å². The summed E-state index contributed by atoms with van der Waals surface area (Å²) in [6.07, 6.45) is 4.55. The highest BCUT2D eigenvalue weighted by Crippen LogP contribution is 2.24. The third-order valence-corrected chi connectivity index (χ3v) is 7.15. The molecule has 0 saturated heterocycles. The van der Waals surface area contributed by atoms with E-state index in [-0.39, 0.29) is 12.5 Å². The van der Waals surface area contributed by atoms with Crippen LogP contribution in [0.15, 0.2) is 54.6 Å². The van der Waals surface area contributed by atoms with Gasteiger partial charge in [-0.1, -0.05) is 75.7 Å². The van der Waals surface area contributed by atoms with Gasteiger partial charge >= 0.3 is 0 Å². The molecule has 0 radical (unpaired) electrons. The fourth-order valence-corrected chi connectivity index (χ4v) is 4.93. The molecule has 0 aliphatic carbocycles. The molecule has 0 saturated carbocycles. The fourth-order valence-electron chi connectivity index (χ4n) is 4.05. The molecule has 8 heteroatoms. The third kappa shape index (κ3) is 8.38. The highest BCUT2D eigenvalue weighted by Gasteiger charge is 2.31. The summed E-state index contributed by atoms with van der Waals surface area (Å²) in [7, 11) is -3.73. The van der Waals surface area contributed by atoms with E-state index < -0.39 is 22.0 Å². The van der Waals surface area contributed by atoms with E-state index in [2.05, 4.69) is 5.32 Å². The molecular weight excluding hydrogens is 462 g/mol. The van der Waals surface area contributed by atoms with Gasteiger partial charge in [0.05, 0.1) is 11.9 Å². The normalized spacial score (nSPS) is 12.1. The molecule has 35 heavy (non-hydrogen) atoms. The summed E-state index contributed by atoms with van der Waals surface area (Å²) >= 11 is 0. The number of unbranched alkanes of at least 4 members (excludes halogenated alkanes) is 1. The average molecular weight is 502 g/mol. The third-order valence-electron chi connectivity index (χ3n) is 6.02. The Labute approximate surface area is 210 Å². The molecule has 1 unspecified atom stereocenters. The summed E-state index contributed by atoms with van der Waals surface area (Å²) in [4.78, 5) is 28.2. The van der Waals surface area contributed by atoms with Gasteiger partial charge in [-0.15, -0.1) is 0 Å². The number of amides is 2.